The molecular weight excluding hydrogens is 409 g/mol. The van der Waals surface area contributed by atoms with Gasteiger partial charge in [0.15, 0.2) is 0 Å². The fraction of sp³-hybridized carbons (Fsp3) is 0.364. The fourth-order valence-electron chi connectivity index (χ4n) is 3.72. The van der Waals surface area contributed by atoms with E-state index in [0.29, 0.717) is 30.3 Å². The van der Waals surface area contributed by atoms with Crippen LogP contribution >= 0.6 is 24.0 Å². The van der Waals surface area contributed by atoms with Gasteiger partial charge in [0.25, 0.3) is 0 Å². The lowest BCUT2D eigenvalue weighted by molar-refractivity contribution is -0.121. The summed E-state index contributed by atoms with van der Waals surface area (Å²) in [6, 6.07) is 13.4. The van der Waals surface area contributed by atoms with Crippen molar-refractivity contribution in [1.82, 2.24) is 5.32 Å². The summed E-state index contributed by atoms with van der Waals surface area (Å²) in [6.07, 6.45) is 1.17. The number of anilines is 2. The van der Waals surface area contributed by atoms with E-state index in [4.69, 9.17) is 11.6 Å². The minimum absolute atomic E-state index is 0. The van der Waals surface area contributed by atoms with Gasteiger partial charge in [0.2, 0.25) is 11.8 Å². The Hall–Kier alpha value is -2.08. The average Bonchev–Trinajstić information content (AvgIpc) is 2.64. The van der Waals surface area contributed by atoms with Crippen LogP contribution in [0.4, 0.5) is 11.4 Å². The third-order valence-corrected chi connectivity index (χ3v) is 5.99. The van der Waals surface area contributed by atoms with Gasteiger partial charge >= 0.3 is 0 Å². The summed E-state index contributed by atoms with van der Waals surface area (Å²) >= 11 is 5.96. The van der Waals surface area contributed by atoms with Crippen LogP contribution in [0.1, 0.15) is 24.5 Å². The SMILES string of the molecule is CC(C(=O)Nc1ccc2c(c1)CCC(=O)N2Cc1ccc(Cl)cc1)C1CNC1.Cl. The Morgan fingerprint density at radius 3 is 2.59 bits per heavy atom. The van der Waals surface area contributed by atoms with Crippen molar-refractivity contribution in [3.63, 3.8) is 0 Å². The first-order valence-electron chi connectivity index (χ1n) is 9.70. The second-order valence-corrected chi connectivity index (χ2v) is 8.08. The van der Waals surface area contributed by atoms with Gasteiger partial charge in [-0.15, -0.1) is 12.4 Å². The molecule has 1 fully saturated rings. The van der Waals surface area contributed by atoms with Crippen LogP contribution in [0.15, 0.2) is 42.5 Å². The molecule has 2 aliphatic heterocycles. The number of hydrogen-bond acceptors (Lipinski definition) is 3. The van der Waals surface area contributed by atoms with Crippen molar-refractivity contribution in [2.45, 2.75) is 26.3 Å². The standard InChI is InChI=1S/C22H24ClN3O2.ClH/c1-14(17-11-24-12-17)22(28)25-19-7-8-20-16(10-19)4-9-21(27)26(20)13-15-2-5-18(23)6-3-15;/h2-3,5-8,10,14,17,24H,4,9,11-13H2,1H3,(H,25,28);1H. The Balaban J connectivity index is 0.00000240. The molecule has 0 bridgehead atoms. The molecule has 0 saturated carbocycles. The number of halogens is 2. The van der Waals surface area contributed by atoms with E-state index in [-0.39, 0.29) is 30.1 Å². The zero-order valence-electron chi connectivity index (χ0n) is 16.3. The molecule has 2 aliphatic rings. The van der Waals surface area contributed by atoms with Gasteiger partial charge in [-0.3, -0.25) is 9.59 Å². The lowest BCUT2D eigenvalue weighted by atomic mass is 9.88. The number of aryl methyl sites for hydroxylation is 1. The second-order valence-electron chi connectivity index (χ2n) is 7.65. The molecule has 1 atom stereocenters. The molecule has 2 aromatic rings. The highest BCUT2D eigenvalue weighted by Crippen LogP contribution is 2.32. The highest BCUT2D eigenvalue weighted by atomic mass is 35.5. The summed E-state index contributed by atoms with van der Waals surface area (Å²) in [5.41, 5.74) is 3.83. The number of benzene rings is 2. The van der Waals surface area contributed by atoms with Gasteiger partial charge in [-0.05, 0) is 66.9 Å². The van der Waals surface area contributed by atoms with Gasteiger partial charge in [-0.1, -0.05) is 30.7 Å². The number of carbonyl (C=O) groups excluding carboxylic acids is 2. The van der Waals surface area contributed by atoms with Crippen molar-refractivity contribution < 1.29 is 9.59 Å². The molecule has 154 valence electrons. The number of hydrogen-bond donors (Lipinski definition) is 2. The number of rotatable bonds is 5. The highest BCUT2D eigenvalue weighted by Gasteiger charge is 2.29. The molecule has 2 N–H and O–H groups in total. The highest BCUT2D eigenvalue weighted by molar-refractivity contribution is 6.30. The maximum absolute atomic E-state index is 12.5. The smallest absolute Gasteiger partial charge is 0.227 e. The molecule has 0 spiro atoms. The van der Waals surface area contributed by atoms with E-state index in [1.807, 2.05) is 54.3 Å². The van der Waals surface area contributed by atoms with E-state index >= 15 is 0 Å². The zero-order chi connectivity index (χ0) is 19.7. The Kier molecular flexibility index (Phi) is 6.83. The molecule has 2 heterocycles. The number of nitrogens with one attached hydrogen (secondary N) is 2. The Morgan fingerprint density at radius 1 is 1.21 bits per heavy atom. The number of carbonyl (C=O) groups is 2. The normalized spacial score (nSPS) is 17.0. The Bertz CT molecular complexity index is 897. The van der Waals surface area contributed by atoms with Crippen LogP contribution in [0.5, 0.6) is 0 Å². The molecule has 0 aliphatic carbocycles. The predicted molar refractivity (Wildman–Crippen MR) is 119 cm³/mol. The summed E-state index contributed by atoms with van der Waals surface area (Å²) in [7, 11) is 0. The van der Waals surface area contributed by atoms with Gasteiger partial charge < -0.3 is 15.5 Å². The van der Waals surface area contributed by atoms with Crippen LogP contribution in [0.25, 0.3) is 0 Å². The third kappa shape index (κ3) is 4.74. The van der Waals surface area contributed by atoms with Crippen molar-refractivity contribution in [2.75, 3.05) is 23.3 Å². The monoisotopic (exact) mass is 433 g/mol. The van der Waals surface area contributed by atoms with E-state index in [2.05, 4.69) is 10.6 Å². The van der Waals surface area contributed by atoms with E-state index in [0.717, 1.165) is 35.6 Å². The first-order valence-corrected chi connectivity index (χ1v) is 10.1. The van der Waals surface area contributed by atoms with Gasteiger partial charge in [-0.25, -0.2) is 0 Å². The van der Waals surface area contributed by atoms with Crippen molar-refractivity contribution in [1.29, 1.82) is 0 Å². The summed E-state index contributed by atoms with van der Waals surface area (Å²) in [6.45, 7) is 4.30. The van der Waals surface area contributed by atoms with Gasteiger partial charge in [-0.2, -0.15) is 0 Å². The minimum atomic E-state index is -0.0136. The van der Waals surface area contributed by atoms with Crippen molar-refractivity contribution in [3.05, 3.63) is 58.6 Å². The van der Waals surface area contributed by atoms with Gasteiger partial charge in [0, 0.05) is 28.7 Å². The second kappa shape index (κ2) is 9.16. The molecule has 29 heavy (non-hydrogen) atoms. The first kappa shape index (κ1) is 21.6. The van der Waals surface area contributed by atoms with E-state index in [1.54, 1.807) is 0 Å². The Labute approximate surface area is 182 Å². The fourth-order valence-corrected chi connectivity index (χ4v) is 3.84. The molecule has 1 saturated heterocycles. The maximum atomic E-state index is 12.5. The molecule has 0 aromatic heterocycles. The van der Waals surface area contributed by atoms with Crippen molar-refractivity contribution in [2.24, 2.45) is 11.8 Å². The van der Waals surface area contributed by atoms with Gasteiger partial charge in [0.1, 0.15) is 0 Å². The van der Waals surface area contributed by atoms with E-state index in [1.165, 1.54) is 0 Å². The molecule has 1 unspecified atom stereocenters. The lowest BCUT2D eigenvalue weighted by Crippen LogP contribution is -2.48. The molecule has 2 aromatic carbocycles. The molecule has 2 amide bonds. The number of fused-ring (bicyclic) bond motifs is 1. The first-order chi connectivity index (χ1) is 13.5. The lowest BCUT2D eigenvalue weighted by Gasteiger charge is -2.32. The summed E-state index contributed by atoms with van der Waals surface area (Å²) < 4.78 is 0. The topological polar surface area (TPSA) is 61.4 Å². The quantitative estimate of drug-likeness (QED) is 0.747. The molecular formula is C22H25Cl2N3O2. The average molecular weight is 434 g/mol. The van der Waals surface area contributed by atoms with Crippen LogP contribution in [0.2, 0.25) is 5.02 Å². The van der Waals surface area contributed by atoms with Crippen LogP contribution in [0.3, 0.4) is 0 Å². The summed E-state index contributed by atoms with van der Waals surface area (Å²) in [5.74, 6) is 0.562. The van der Waals surface area contributed by atoms with Crippen molar-refractivity contribution >= 4 is 47.2 Å². The van der Waals surface area contributed by atoms with Crippen LogP contribution in [0, 0.1) is 11.8 Å². The summed E-state index contributed by atoms with van der Waals surface area (Å²) in [5, 5.41) is 6.93. The summed E-state index contributed by atoms with van der Waals surface area (Å²) in [4.78, 5) is 26.8. The van der Waals surface area contributed by atoms with Crippen LogP contribution < -0.4 is 15.5 Å². The molecule has 4 rings (SSSR count). The Morgan fingerprint density at radius 2 is 1.93 bits per heavy atom. The zero-order valence-corrected chi connectivity index (χ0v) is 17.9. The van der Waals surface area contributed by atoms with E-state index in [9.17, 15) is 9.59 Å². The van der Waals surface area contributed by atoms with Crippen LogP contribution in [-0.4, -0.2) is 24.9 Å². The largest absolute Gasteiger partial charge is 0.326 e. The number of nitrogens with zero attached hydrogens (tertiary/aromatic N) is 1. The predicted octanol–water partition coefficient (Wildman–Crippen LogP) is 4.04. The molecule has 0 radical (unpaired) electrons. The maximum Gasteiger partial charge on any atom is 0.227 e. The van der Waals surface area contributed by atoms with Crippen molar-refractivity contribution in [3.8, 4) is 0 Å². The minimum Gasteiger partial charge on any atom is -0.326 e. The third-order valence-electron chi connectivity index (χ3n) is 5.73. The van der Waals surface area contributed by atoms with Gasteiger partial charge in [0.05, 0.1) is 6.54 Å². The number of amides is 2. The molecule has 5 nitrogen and oxygen atoms in total. The van der Waals surface area contributed by atoms with Crippen LogP contribution in [-0.2, 0) is 22.6 Å². The molecule has 7 heteroatoms. The van der Waals surface area contributed by atoms with E-state index < -0.39 is 0 Å².